The Morgan fingerprint density at radius 1 is 0.638 bits per heavy atom. The van der Waals surface area contributed by atoms with Crippen molar-refractivity contribution in [1.82, 2.24) is 45.7 Å². The van der Waals surface area contributed by atoms with Crippen molar-refractivity contribution in [2.45, 2.75) is 207 Å². The van der Waals surface area contributed by atoms with Gasteiger partial charge in [0.25, 0.3) is 10.1 Å². The molecule has 0 bridgehead atoms. The predicted molar refractivity (Wildman–Crippen MR) is 352 cm³/mol. The van der Waals surface area contributed by atoms with Crippen LogP contribution >= 0.6 is 0 Å². The lowest BCUT2D eigenvalue weighted by Crippen LogP contribution is -2.52. The summed E-state index contributed by atoms with van der Waals surface area (Å²) in [6.07, 6.45) is 3.68. The topological polar surface area (TPSA) is 366 Å². The lowest BCUT2D eigenvalue weighted by Gasteiger charge is -2.34. The molecule has 3 heterocycles. The van der Waals surface area contributed by atoms with Gasteiger partial charge in [-0.25, -0.2) is 13.4 Å². The van der Waals surface area contributed by atoms with Crippen molar-refractivity contribution in [3.8, 4) is 5.75 Å². The first-order valence-corrected chi connectivity index (χ1v) is 35.3. The van der Waals surface area contributed by atoms with E-state index < -0.39 is 114 Å². The summed E-state index contributed by atoms with van der Waals surface area (Å²) in [5.74, 6) is -5.12. The van der Waals surface area contributed by atoms with Crippen LogP contribution in [0.1, 0.15) is 157 Å². The number of hydrogen-bond acceptors (Lipinski definition) is 22. The molecule has 4 amide bonds. The Hall–Kier alpha value is -6.57. The van der Waals surface area contributed by atoms with Crippen LogP contribution in [0.15, 0.2) is 29.2 Å². The van der Waals surface area contributed by atoms with Gasteiger partial charge >= 0.3 is 23.9 Å². The Morgan fingerprint density at radius 2 is 1.17 bits per heavy atom. The highest BCUT2D eigenvalue weighted by atomic mass is 32.2. The molecular weight excluding hydrogens is 1260 g/mol. The molecule has 2 aromatic rings. The van der Waals surface area contributed by atoms with E-state index in [1.54, 1.807) is 102 Å². The van der Waals surface area contributed by atoms with Crippen molar-refractivity contribution in [2.75, 3.05) is 96.2 Å². The van der Waals surface area contributed by atoms with Gasteiger partial charge in [0, 0.05) is 90.4 Å². The van der Waals surface area contributed by atoms with E-state index in [0.717, 1.165) is 30.9 Å². The molecule has 0 radical (unpaired) electrons. The molecule has 7 N–H and O–H groups in total. The third-order valence-electron chi connectivity index (χ3n) is 14.3. The molecule has 94 heavy (non-hydrogen) atoms. The van der Waals surface area contributed by atoms with E-state index in [0.29, 0.717) is 38.1 Å². The number of unbranched alkanes of at least 4 members (excludes halogenated alkanes) is 1. The summed E-state index contributed by atoms with van der Waals surface area (Å²) in [6.45, 7) is 25.3. The van der Waals surface area contributed by atoms with Gasteiger partial charge in [-0.15, -0.1) is 0 Å². The van der Waals surface area contributed by atoms with E-state index in [-0.39, 0.29) is 113 Å². The molecule has 1 unspecified atom stereocenters. The molecule has 2 aliphatic heterocycles. The molecule has 1 aromatic heterocycles. The van der Waals surface area contributed by atoms with Crippen molar-refractivity contribution in [3.05, 3.63) is 46.6 Å². The summed E-state index contributed by atoms with van der Waals surface area (Å²) < 4.78 is 92.9. The quantitative estimate of drug-likeness (QED) is 0.0239. The standard InChI is InChI=1S/C64H104N10O18S2/c1-43-37-47(38-44(2)56(43)94(86,87)71-48(59(81)91-63(9,10)11)39-68-52(76)21-16-15-20-46-24-23-45-19-17-27-66-57(45)69-46)88-36-18-22-51(75)65-28-29-67-58(80)49(42-93(83,84)85)70-53(77)26-25-50(60(82)92-64(12,13)14)74-34-32-72(40-54(78)89-61(3,4)5)30-31-73(33-35-74)41-55(79)90-62(6,7)8/h23-24,37-38,48-50,71H,15-22,25-36,39-42H2,1-14H3,(H,65,75)(H,66,69)(H,67,80)(H,68,76)(H,70,77)(H,83,84,85)/t48-,49?,50-/m1/s1. The molecule has 28 nitrogen and oxygen atoms in total. The van der Waals surface area contributed by atoms with Gasteiger partial charge in [-0.05, 0) is 177 Å². The van der Waals surface area contributed by atoms with Gasteiger partial charge in [0.1, 0.15) is 57.8 Å². The number of esters is 4. The summed E-state index contributed by atoms with van der Waals surface area (Å²) in [7, 11) is -9.24. The monoisotopic (exact) mass is 1360 g/mol. The normalized spacial score (nSPS) is 15.8. The number of hydrogen-bond donors (Lipinski definition) is 7. The summed E-state index contributed by atoms with van der Waals surface area (Å²) in [5, 5.41) is 13.5. The van der Waals surface area contributed by atoms with Crippen LogP contribution in [0, 0.1) is 13.8 Å². The fourth-order valence-corrected chi connectivity index (χ4v) is 12.6. The molecule has 2 aliphatic rings. The second kappa shape index (κ2) is 36.0. The number of carbonyl (C=O) groups is 8. The summed E-state index contributed by atoms with van der Waals surface area (Å²) in [6, 6.07) is 2.74. The number of amides is 4. The molecule has 30 heteroatoms. The predicted octanol–water partition coefficient (Wildman–Crippen LogP) is 3.43. The highest BCUT2D eigenvalue weighted by Gasteiger charge is 2.36. The number of anilines is 1. The lowest BCUT2D eigenvalue weighted by molar-refractivity contribution is -0.163. The lowest BCUT2D eigenvalue weighted by atomic mass is 10.1. The molecule has 0 saturated carbocycles. The van der Waals surface area contributed by atoms with E-state index in [4.69, 9.17) is 28.7 Å². The number of rotatable bonds is 32. The number of nitrogens with zero attached hydrogens (tertiary/aromatic N) is 4. The SMILES string of the molecule is Cc1cc(OCCCC(=O)NCCNC(=O)C(CS(=O)(=O)O)NC(=O)CC[C@H](C(=O)OC(C)(C)C)N2CCN(CC(=O)OC(C)(C)C)CCN(CC(=O)OC(C)(C)C)CC2)cc(C)c1S(=O)(=O)N[C@H](CNC(=O)CCCCc1ccc2c(n1)NCCC2)C(=O)OC(C)(C)C. The maximum Gasteiger partial charge on any atom is 0.326 e. The van der Waals surface area contributed by atoms with Crippen LogP contribution in [-0.4, -0.2) is 220 Å². The van der Waals surface area contributed by atoms with Crippen molar-refractivity contribution < 1.29 is 83.4 Å². The van der Waals surface area contributed by atoms with Gasteiger partial charge in [0.15, 0.2) is 0 Å². The average Bonchev–Trinajstić information content (AvgIpc) is 0.840. The Kier molecular flexibility index (Phi) is 30.6. The van der Waals surface area contributed by atoms with Crippen LogP contribution < -0.4 is 36.0 Å². The second-order valence-corrected chi connectivity index (χ2v) is 30.9. The van der Waals surface area contributed by atoms with Crippen LogP contribution in [0.5, 0.6) is 5.75 Å². The summed E-state index contributed by atoms with van der Waals surface area (Å²) in [5.41, 5.74) is -0.732. The van der Waals surface area contributed by atoms with Gasteiger partial charge in [-0.2, -0.15) is 13.1 Å². The first-order chi connectivity index (χ1) is 43.5. The minimum absolute atomic E-state index is 0.0344. The largest absolute Gasteiger partial charge is 0.494 e. The van der Waals surface area contributed by atoms with Gasteiger partial charge in [-0.1, -0.05) is 6.07 Å². The smallest absolute Gasteiger partial charge is 0.326 e. The van der Waals surface area contributed by atoms with Crippen LogP contribution in [0.3, 0.4) is 0 Å². The fraction of sp³-hybridized carbons (Fsp3) is 0.703. The molecule has 0 aliphatic carbocycles. The molecule has 4 rings (SSSR count). The van der Waals surface area contributed by atoms with Gasteiger partial charge < -0.3 is 50.3 Å². The van der Waals surface area contributed by atoms with E-state index >= 15 is 0 Å². The molecule has 530 valence electrons. The van der Waals surface area contributed by atoms with Gasteiger partial charge in [-0.3, -0.25) is 57.6 Å². The number of nitrogens with one attached hydrogen (secondary N) is 6. The fourth-order valence-electron chi connectivity index (χ4n) is 10.3. The zero-order chi connectivity index (χ0) is 70.4. The van der Waals surface area contributed by atoms with Crippen LogP contribution in [-0.2, 0) is 90.3 Å². The van der Waals surface area contributed by atoms with E-state index in [1.165, 1.54) is 17.7 Å². The number of sulfonamides is 1. The van der Waals surface area contributed by atoms with E-state index in [2.05, 4.69) is 37.4 Å². The Bertz CT molecular complexity index is 3090. The van der Waals surface area contributed by atoms with Crippen LogP contribution in [0.25, 0.3) is 0 Å². The van der Waals surface area contributed by atoms with Crippen LogP contribution in [0.4, 0.5) is 5.82 Å². The molecule has 1 fully saturated rings. The summed E-state index contributed by atoms with van der Waals surface area (Å²) >= 11 is 0. The maximum absolute atomic E-state index is 14.0. The number of aromatic nitrogens is 1. The Morgan fingerprint density at radius 3 is 1.73 bits per heavy atom. The van der Waals surface area contributed by atoms with Crippen molar-refractivity contribution in [2.24, 2.45) is 0 Å². The Labute approximate surface area is 555 Å². The number of aryl methyl sites for hydroxylation is 4. The van der Waals surface area contributed by atoms with Gasteiger partial charge in [0.2, 0.25) is 33.7 Å². The molecule has 1 saturated heterocycles. The minimum atomic E-state index is -4.85. The number of benzene rings is 1. The van der Waals surface area contributed by atoms with E-state index in [1.807, 2.05) is 15.9 Å². The maximum atomic E-state index is 14.0. The minimum Gasteiger partial charge on any atom is -0.494 e. The third-order valence-corrected chi connectivity index (χ3v) is 16.8. The third kappa shape index (κ3) is 31.3. The first-order valence-electron chi connectivity index (χ1n) is 32.2. The zero-order valence-corrected chi connectivity index (χ0v) is 59.1. The molecule has 0 spiro atoms. The summed E-state index contributed by atoms with van der Waals surface area (Å²) in [4.78, 5) is 116. The average molecular weight is 1370 g/mol. The van der Waals surface area contributed by atoms with Gasteiger partial charge in [0.05, 0.1) is 24.6 Å². The molecular formula is C64H104N10O18S2. The molecule has 3 atom stereocenters. The van der Waals surface area contributed by atoms with Crippen molar-refractivity contribution in [1.29, 1.82) is 0 Å². The molecule has 1 aromatic carbocycles. The Balaban J connectivity index is 1.30. The first kappa shape index (κ1) is 79.9. The highest BCUT2D eigenvalue weighted by molar-refractivity contribution is 7.89. The number of pyridine rings is 1. The van der Waals surface area contributed by atoms with Crippen LogP contribution in [0.2, 0.25) is 0 Å². The number of ether oxygens (including phenoxy) is 5. The van der Waals surface area contributed by atoms with Crippen molar-refractivity contribution >= 4 is 73.5 Å². The van der Waals surface area contributed by atoms with E-state index in [9.17, 15) is 59.7 Å². The zero-order valence-electron chi connectivity index (χ0n) is 57.5. The highest BCUT2D eigenvalue weighted by Crippen LogP contribution is 2.27. The number of carbonyl (C=O) groups excluding carboxylic acids is 8. The second-order valence-electron chi connectivity index (χ2n) is 27.8. The van der Waals surface area contributed by atoms with Crippen molar-refractivity contribution in [3.63, 3.8) is 0 Å². The number of fused-ring (bicyclic) bond motifs is 1.